The van der Waals surface area contributed by atoms with Gasteiger partial charge in [0.15, 0.2) is 11.7 Å². The van der Waals surface area contributed by atoms with Gasteiger partial charge in [-0.3, -0.25) is 0 Å². The Labute approximate surface area is 150 Å². The van der Waals surface area contributed by atoms with Crippen molar-refractivity contribution in [2.75, 3.05) is 0 Å². The summed E-state index contributed by atoms with van der Waals surface area (Å²) in [6.07, 6.45) is 10.6. The third kappa shape index (κ3) is 3.26. The Hall–Kier alpha value is -2.35. The molecule has 0 bridgehead atoms. The summed E-state index contributed by atoms with van der Waals surface area (Å²) in [4.78, 5) is 4.42. The van der Waals surface area contributed by atoms with Crippen LogP contribution in [0, 0.1) is 11.8 Å². The first-order valence-electron chi connectivity index (χ1n) is 9.23. The Balaban J connectivity index is 1.44. The smallest absolute Gasteiger partial charge is 0.198 e. The molecule has 4 rings (SSSR count). The van der Waals surface area contributed by atoms with Gasteiger partial charge in [0.05, 0.1) is 6.20 Å². The van der Waals surface area contributed by atoms with Crippen molar-refractivity contribution in [2.24, 2.45) is 11.8 Å². The number of nitrogens with zero attached hydrogens (tertiary/aromatic N) is 1. The molecule has 2 heteroatoms. The van der Waals surface area contributed by atoms with Crippen LogP contribution < -0.4 is 0 Å². The molecule has 0 aliphatic heterocycles. The predicted molar refractivity (Wildman–Crippen MR) is 102 cm³/mol. The number of oxazole rings is 1. The lowest BCUT2D eigenvalue weighted by Gasteiger charge is -2.01. The van der Waals surface area contributed by atoms with Crippen molar-refractivity contribution in [3.8, 4) is 0 Å². The number of hydrogen-bond donors (Lipinski definition) is 0. The zero-order valence-corrected chi connectivity index (χ0v) is 15.0. The third-order valence-corrected chi connectivity index (χ3v) is 5.51. The standard InChI is InChI=1S/C23H25NO/c1-4-17(20-14-24-23(25-20)19-12-13-19)11-10-15(2)21-16(3)22(21)18-8-6-5-7-9-18/h4-11,14,16,19,21-22H,2,12-13H2,1,3H3/b11-10-,17-4+/t16-,21-,22+/m0/s1. The molecule has 0 saturated heterocycles. The lowest BCUT2D eigenvalue weighted by atomic mass is 10.0. The maximum Gasteiger partial charge on any atom is 0.198 e. The van der Waals surface area contributed by atoms with E-state index < -0.39 is 0 Å². The zero-order valence-electron chi connectivity index (χ0n) is 15.0. The van der Waals surface area contributed by atoms with Gasteiger partial charge < -0.3 is 4.42 Å². The predicted octanol–water partition coefficient (Wildman–Crippen LogP) is 6.12. The first-order valence-corrected chi connectivity index (χ1v) is 9.23. The summed E-state index contributed by atoms with van der Waals surface area (Å²) in [5, 5.41) is 0. The lowest BCUT2D eigenvalue weighted by molar-refractivity contribution is 0.488. The third-order valence-electron chi connectivity index (χ3n) is 5.51. The molecule has 1 aromatic carbocycles. The monoisotopic (exact) mass is 331 g/mol. The molecule has 2 nitrogen and oxygen atoms in total. The van der Waals surface area contributed by atoms with E-state index in [0.29, 0.717) is 23.7 Å². The van der Waals surface area contributed by atoms with Crippen LogP contribution in [0.1, 0.15) is 55.7 Å². The van der Waals surface area contributed by atoms with Crippen molar-refractivity contribution >= 4 is 5.57 Å². The lowest BCUT2D eigenvalue weighted by Crippen LogP contribution is -1.85. The number of benzene rings is 1. The maximum atomic E-state index is 5.92. The van der Waals surface area contributed by atoms with Crippen LogP contribution >= 0.6 is 0 Å². The molecule has 0 radical (unpaired) electrons. The van der Waals surface area contributed by atoms with Gasteiger partial charge in [0, 0.05) is 11.5 Å². The Morgan fingerprint density at radius 1 is 1.20 bits per heavy atom. The minimum absolute atomic E-state index is 0.536. The Morgan fingerprint density at radius 2 is 1.96 bits per heavy atom. The van der Waals surface area contributed by atoms with E-state index >= 15 is 0 Å². The molecule has 1 aromatic heterocycles. The second kappa shape index (κ2) is 6.51. The number of aromatic nitrogens is 1. The van der Waals surface area contributed by atoms with Gasteiger partial charge in [-0.2, -0.15) is 0 Å². The molecule has 2 fully saturated rings. The van der Waals surface area contributed by atoms with Gasteiger partial charge >= 0.3 is 0 Å². The second-order valence-corrected chi connectivity index (χ2v) is 7.31. The quantitative estimate of drug-likeness (QED) is 0.596. The van der Waals surface area contributed by atoms with Gasteiger partial charge in [-0.1, -0.05) is 67.6 Å². The summed E-state index contributed by atoms with van der Waals surface area (Å²) in [5.74, 6) is 4.08. The van der Waals surface area contributed by atoms with Crippen LogP contribution in [0.3, 0.4) is 0 Å². The van der Waals surface area contributed by atoms with Gasteiger partial charge in [0.2, 0.25) is 0 Å². The highest BCUT2D eigenvalue weighted by Crippen LogP contribution is 2.57. The van der Waals surface area contributed by atoms with Crippen molar-refractivity contribution < 1.29 is 4.42 Å². The first-order chi connectivity index (χ1) is 12.2. The van der Waals surface area contributed by atoms with Crippen molar-refractivity contribution in [3.05, 3.63) is 84.1 Å². The van der Waals surface area contributed by atoms with Gasteiger partial charge in [-0.05, 0) is 43.1 Å². The average molecular weight is 331 g/mol. The molecule has 2 saturated carbocycles. The van der Waals surface area contributed by atoms with E-state index in [0.717, 1.165) is 17.2 Å². The molecule has 0 spiro atoms. The molecule has 2 aliphatic rings. The number of hydrogen-bond acceptors (Lipinski definition) is 2. The van der Waals surface area contributed by atoms with E-state index in [1.165, 1.54) is 24.0 Å². The Kier molecular flexibility index (Phi) is 4.20. The highest BCUT2D eigenvalue weighted by molar-refractivity contribution is 5.70. The molecular weight excluding hydrogens is 306 g/mol. The van der Waals surface area contributed by atoms with Gasteiger partial charge in [-0.15, -0.1) is 0 Å². The van der Waals surface area contributed by atoms with E-state index in [1.54, 1.807) is 0 Å². The van der Waals surface area contributed by atoms with E-state index in [-0.39, 0.29) is 0 Å². The highest BCUT2D eigenvalue weighted by atomic mass is 16.4. The van der Waals surface area contributed by atoms with E-state index in [1.807, 2.05) is 13.1 Å². The topological polar surface area (TPSA) is 26.0 Å². The molecule has 25 heavy (non-hydrogen) atoms. The molecular formula is C23H25NO. The SMILES string of the molecule is C=C(/C=C\C(=C/C)c1cnc(C2CC2)o1)[C@H]1[C@H](C)[C@@H]1c1ccccc1. The molecule has 2 aromatic rings. The van der Waals surface area contributed by atoms with Crippen LogP contribution in [0.2, 0.25) is 0 Å². The number of allylic oxidation sites excluding steroid dienone is 5. The molecule has 0 unspecified atom stereocenters. The molecule has 3 atom stereocenters. The van der Waals surface area contributed by atoms with Crippen LogP contribution in [0.5, 0.6) is 0 Å². The minimum atomic E-state index is 0.536. The molecule has 0 amide bonds. The summed E-state index contributed by atoms with van der Waals surface area (Å²) in [5.41, 5.74) is 3.69. The maximum absolute atomic E-state index is 5.92. The van der Waals surface area contributed by atoms with Crippen molar-refractivity contribution in [1.82, 2.24) is 4.98 Å². The summed E-state index contributed by atoms with van der Waals surface area (Å²) in [6.45, 7) is 8.68. The van der Waals surface area contributed by atoms with Crippen LogP contribution in [-0.2, 0) is 0 Å². The van der Waals surface area contributed by atoms with E-state index in [9.17, 15) is 0 Å². The fourth-order valence-electron chi connectivity index (χ4n) is 3.79. The van der Waals surface area contributed by atoms with E-state index in [2.05, 4.69) is 67.0 Å². The fourth-order valence-corrected chi connectivity index (χ4v) is 3.79. The summed E-state index contributed by atoms with van der Waals surface area (Å²) in [6, 6.07) is 10.8. The fraction of sp³-hybridized carbons (Fsp3) is 0.348. The minimum Gasteiger partial charge on any atom is -0.440 e. The number of rotatable bonds is 6. The summed E-state index contributed by atoms with van der Waals surface area (Å²) in [7, 11) is 0. The van der Waals surface area contributed by atoms with Crippen LogP contribution in [0.25, 0.3) is 5.57 Å². The molecule has 1 heterocycles. The Morgan fingerprint density at radius 3 is 2.64 bits per heavy atom. The highest BCUT2D eigenvalue weighted by Gasteiger charge is 2.48. The first kappa shape index (κ1) is 16.1. The van der Waals surface area contributed by atoms with Gasteiger partial charge in [0.25, 0.3) is 0 Å². The van der Waals surface area contributed by atoms with Crippen LogP contribution in [0.4, 0.5) is 0 Å². The summed E-state index contributed by atoms with van der Waals surface area (Å²) >= 11 is 0. The zero-order chi connectivity index (χ0) is 17.4. The molecule has 0 N–H and O–H groups in total. The van der Waals surface area contributed by atoms with Crippen molar-refractivity contribution in [1.29, 1.82) is 0 Å². The van der Waals surface area contributed by atoms with Crippen molar-refractivity contribution in [2.45, 2.75) is 38.5 Å². The summed E-state index contributed by atoms with van der Waals surface area (Å²) < 4.78 is 5.92. The van der Waals surface area contributed by atoms with Crippen LogP contribution in [0.15, 0.2) is 71.3 Å². The second-order valence-electron chi connectivity index (χ2n) is 7.31. The normalized spacial score (nSPS) is 26.2. The van der Waals surface area contributed by atoms with E-state index in [4.69, 9.17) is 4.42 Å². The Bertz CT molecular complexity index is 823. The van der Waals surface area contributed by atoms with Crippen molar-refractivity contribution in [3.63, 3.8) is 0 Å². The molecule has 2 aliphatic carbocycles. The average Bonchev–Trinajstić information content (AvgIpc) is 3.54. The van der Waals surface area contributed by atoms with Gasteiger partial charge in [0.1, 0.15) is 0 Å². The van der Waals surface area contributed by atoms with Gasteiger partial charge in [-0.25, -0.2) is 4.98 Å². The van der Waals surface area contributed by atoms with Crippen LogP contribution in [-0.4, -0.2) is 4.98 Å². The molecule has 128 valence electrons. The largest absolute Gasteiger partial charge is 0.440 e.